The van der Waals surface area contributed by atoms with E-state index in [1.54, 1.807) is 10.6 Å². The number of pyridine rings is 1. The normalized spacial score (nSPS) is 10.3. The summed E-state index contributed by atoms with van der Waals surface area (Å²) in [7, 11) is 0. The summed E-state index contributed by atoms with van der Waals surface area (Å²) < 4.78 is 1.64. The number of nitrogens with zero attached hydrogens (tertiary/aromatic N) is 2. The lowest BCUT2D eigenvalue weighted by Gasteiger charge is -2.08. The Morgan fingerprint density at radius 2 is 2.12 bits per heavy atom. The summed E-state index contributed by atoms with van der Waals surface area (Å²) >= 11 is 0. The van der Waals surface area contributed by atoms with Crippen LogP contribution in [0.1, 0.15) is 18.1 Å². The van der Waals surface area contributed by atoms with Crippen molar-refractivity contribution in [3.05, 3.63) is 45.7 Å². The molecule has 0 radical (unpaired) electrons. The minimum atomic E-state index is -0.205. The van der Waals surface area contributed by atoms with Crippen LogP contribution in [0.25, 0.3) is 10.9 Å². The molecule has 0 N–H and O–H groups in total. The lowest BCUT2D eigenvalue weighted by atomic mass is 10.1. The first-order valence-electron chi connectivity index (χ1n) is 5.21. The van der Waals surface area contributed by atoms with Crippen LogP contribution in [-0.4, -0.2) is 4.57 Å². The quantitative estimate of drug-likeness (QED) is 0.727. The first-order valence-corrected chi connectivity index (χ1v) is 5.21. The Kier molecular flexibility index (Phi) is 2.49. The van der Waals surface area contributed by atoms with Crippen molar-refractivity contribution in [2.24, 2.45) is 0 Å². The molecule has 0 aliphatic rings. The molecule has 1 aromatic carbocycles. The Morgan fingerprint density at radius 3 is 2.75 bits per heavy atom. The van der Waals surface area contributed by atoms with Crippen LogP contribution in [-0.2, 0) is 6.54 Å². The van der Waals surface area contributed by atoms with Gasteiger partial charge in [0.15, 0.2) is 0 Å². The molecular formula is C13H12N2O. The minimum Gasteiger partial charge on any atom is -0.307 e. The van der Waals surface area contributed by atoms with Crippen molar-refractivity contribution < 1.29 is 0 Å². The van der Waals surface area contributed by atoms with Gasteiger partial charge in [-0.1, -0.05) is 12.1 Å². The number of rotatable bonds is 1. The van der Waals surface area contributed by atoms with Gasteiger partial charge in [-0.3, -0.25) is 4.79 Å². The standard InChI is InChI=1S/C13H12N2O/c1-3-15-12-6-9(2)4-5-10(12)7-11(8-14)13(15)16/h4-7H,3H2,1-2H3. The van der Waals surface area contributed by atoms with Crippen LogP contribution in [0.4, 0.5) is 0 Å². The van der Waals surface area contributed by atoms with Gasteiger partial charge in [0.2, 0.25) is 0 Å². The van der Waals surface area contributed by atoms with E-state index in [9.17, 15) is 4.79 Å². The van der Waals surface area contributed by atoms with Crippen molar-refractivity contribution in [2.45, 2.75) is 20.4 Å². The maximum atomic E-state index is 11.9. The summed E-state index contributed by atoms with van der Waals surface area (Å²) in [4.78, 5) is 11.9. The maximum Gasteiger partial charge on any atom is 0.268 e. The van der Waals surface area contributed by atoms with Crippen LogP contribution in [0.2, 0.25) is 0 Å². The fourth-order valence-electron chi connectivity index (χ4n) is 1.88. The van der Waals surface area contributed by atoms with Gasteiger partial charge in [0.1, 0.15) is 11.6 Å². The van der Waals surface area contributed by atoms with Gasteiger partial charge < -0.3 is 4.57 Å². The number of aromatic nitrogens is 1. The number of benzene rings is 1. The molecule has 0 aliphatic carbocycles. The zero-order valence-electron chi connectivity index (χ0n) is 9.32. The average Bonchev–Trinajstić information content (AvgIpc) is 2.28. The van der Waals surface area contributed by atoms with Gasteiger partial charge in [0.05, 0.1) is 5.52 Å². The summed E-state index contributed by atoms with van der Waals surface area (Å²) in [5.74, 6) is 0. The van der Waals surface area contributed by atoms with E-state index in [0.29, 0.717) is 6.54 Å². The summed E-state index contributed by atoms with van der Waals surface area (Å²) in [5, 5.41) is 9.82. The molecule has 0 atom stereocenters. The van der Waals surface area contributed by atoms with Crippen molar-refractivity contribution >= 4 is 10.9 Å². The highest BCUT2D eigenvalue weighted by molar-refractivity contribution is 5.81. The van der Waals surface area contributed by atoms with Crippen molar-refractivity contribution in [3.63, 3.8) is 0 Å². The molecule has 0 amide bonds. The minimum absolute atomic E-state index is 0.205. The zero-order chi connectivity index (χ0) is 11.7. The molecule has 0 bridgehead atoms. The second-order valence-corrected chi connectivity index (χ2v) is 3.78. The Hall–Kier alpha value is -2.08. The highest BCUT2D eigenvalue weighted by Crippen LogP contribution is 2.15. The molecule has 2 rings (SSSR count). The van der Waals surface area contributed by atoms with Crippen LogP contribution in [0.5, 0.6) is 0 Å². The zero-order valence-corrected chi connectivity index (χ0v) is 9.32. The summed E-state index contributed by atoms with van der Waals surface area (Å²) in [6.07, 6.45) is 0. The molecule has 1 heterocycles. The van der Waals surface area contributed by atoms with Crippen molar-refractivity contribution in [1.29, 1.82) is 5.26 Å². The number of fused-ring (bicyclic) bond motifs is 1. The Balaban J connectivity index is 2.97. The van der Waals surface area contributed by atoms with E-state index in [4.69, 9.17) is 5.26 Å². The number of aryl methyl sites for hydroxylation is 2. The third-order valence-corrected chi connectivity index (χ3v) is 2.69. The first-order chi connectivity index (χ1) is 7.67. The van der Waals surface area contributed by atoms with Crippen LogP contribution >= 0.6 is 0 Å². The van der Waals surface area contributed by atoms with E-state index in [2.05, 4.69) is 0 Å². The van der Waals surface area contributed by atoms with Crippen LogP contribution in [0.15, 0.2) is 29.1 Å². The molecular weight excluding hydrogens is 200 g/mol. The number of nitriles is 1. The lowest BCUT2D eigenvalue weighted by molar-refractivity contribution is 0.757. The van der Waals surface area contributed by atoms with Crippen LogP contribution in [0.3, 0.4) is 0 Å². The largest absolute Gasteiger partial charge is 0.307 e. The second-order valence-electron chi connectivity index (χ2n) is 3.78. The Labute approximate surface area is 93.6 Å². The van der Waals surface area contributed by atoms with Crippen molar-refractivity contribution in [1.82, 2.24) is 4.57 Å². The smallest absolute Gasteiger partial charge is 0.268 e. The van der Waals surface area contributed by atoms with E-state index in [1.165, 1.54) is 0 Å². The van der Waals surface area contributed by atoms with Crippen molar-refractivity contribution in [2.75, 3.05) is 0 Å². The third kappa shape index (κ3) is 1.49. The lowest BCUT2D eigenvalue weighted by Crippen LogP contribution is -2.22. The monoisotopic (exact) mass is 212 g/mol. The summed E-state index contributed by atoms with van der Waals surface area (Å²) in [6.45, 7) is 4.47. The molecule has 0 spiro atoms. The van der Waals surface area contributed by atoms with Gasteiger partial charge in [0.25, 0.3) is 5.56 Å². The van der Waals surface area contributed by atoms with Gasteiger partial charge in [-0.05, 0) is 36.9 Å². The molecule has 0 fully saturated rings. The maximum absolute atomic E-state index is 11.9. The molecule has 2 aromatic rings. The highest BCUT2D eigenvalue weighted by Gasteiger charge is 2.07. The van der Waals surface area contributed by atoms with Gasteiger partial charge in [-0.25, -0.2) is 0 Å². The first kappa shape index (κ1) is 10.4. The molecule has 1 aromatic heterocycles. The predicted octanol–water partition coefficient (Wildman–Crippen LogP) is 2.20. The fraction of sp³-hybridized carbons (Fsp3) is 0.231. The predicted molar refractivity (Wildman–Crippen MR) is 63.3 cm³/mol. The molecule has 0 saturated carbocycles. The van der Waals surface area contributed by atoms with E-state index < -0.39 is 0 Å². The van der Waals surface area contributed by atoms with Gasteiger partial charge in [0, 0.05) is 6.54 Å². The van der Waals surface area contributed by atoms with Gasteiger partial charge in [-0.15, -0.1) is 0 Å². The highest BCUT2D eigenvalue weighted by atomic mass is 16.1. The van der Waals surface area contributed by atoms with Crippen LogP contribution < -0.4 is 5.56 Å². The molecule has 0 unspecified atom stereocenters. The SMILES string of the molecule is CCn1c(=O)c(C#N)cc2ccc(C)cc21. The van der Waals surface area contributed by atoms with E-state index in [0.717, 1.165) is 16.5 Å². The topological polar surface area (TPSA) is 45.8 Å². The molecule has 3 nitrogen and oxygen atoms in total. The average molecular weight is 212 g/mol. The number of hydrogen-bond acceptors (Lipinski definition) is 2. The summed E-state index contributed by atoms with van der Waals surface area (Å²) in [5.41, 5.74) is 2.01. The van der Waals surface area contributed by atoms with E-state index in [-0.39, 0.29) is 11.1 Å². The summed E-state index contributed by atoms with van der Waals surface area (Å²) in [6, 6.07) is 9.49. The molecule has 16 heavy (non-hydrogen) atoms. The third-order valence-electron chi connectivity index (χ3n) is 2.69. The second kappa shape index (κ2) is 3.82. The molecule has 80 valence electrons. The van der Waals surface area contributed by atoms with Crippen LogP contribution in [0, 0.1) is 18.3 Å². The number of hydrogen-bond donors (Lipinski definition) is 0. The van der Waals surface area contributed by atoms with Gasteiger partial charge in [-0.2, -0.15) is 5.26 Å². The molecule has 0 aliphatic heterocycles. The molecule has 3 heteroatoms. The fourth-order valence-corrected chi connectivity index (χ4v) is 1.88. The Morgan fingerprint density at radius 1 is 1.38 bits per heavy atom. The van der Waals surface area contributed by atoms with E-state index in [1.807, 2.05) is 38.1 Å². The van der Waals surface area contributed by atoms with Crippen molar-refractivity contribution in [3.8, 4) is 6.07 Å². The van der Waals surface area contributed by atoms with Gasteiger partial charge >= 0.3 is 0 Å². The Bertz CT molecular complexity index is 647. The van der Waals surface area contributed by atoms with E-state index >= 15 is 0 Å². The molecule has 0 saturated heterocycles.